The van der Waals surface area contributed by atoms with Gasteiger partial charge in [0.05, 0.1) is 11.1 Å². The average molecular weight is 323 g/mol. The Morgan fingerprint density at radius 1 is 1.58 bits per heavy atom. The number of nitrogens with one attached hydrogen (secondary N) is 1. The van der Waals surface area contributed by atoms with Crippen LogP contribution in [0, 0.1) is 10.1 Å². The van der Waals surface area contributed by atoms with E-state index in [4.69, 9.17) is 0 Å². The van der Waals surface area contributed by atoms with E-state index < -0.39 is 4.92 Å². The van der Waals surface area contributed by atoms with E-state index in [0.717, 1.165) is 5.56 Å². The zero-order valence-corrected chi connectivity index (χ0v) is 11.5. The first kappa shape index (κ1) is 13.3. The van der Waals surface area contributed by atoms with E-state index in [-0.39, 0.29) is 5.69 Å². The van der Waals surface area contributed by atoms with Crippen molar-refractivity contribution >= 4 is 33.5 Å². The minimum absolute atomic E-state index is 0.0329. The molecule has 0 atom stereocenters. The Morgan fingerprint density at radius 2 is 2.37 bits per heavy atom. The van der Waals surface area contributed by atoms with Crippen molar-refractivity contribution in [1.29, 1.82) is 0 Å². The van der Waals surface area contributed by atoms with Crippen LogP contribution in [0.1, 0.15) is 5.56 Å². The van der Waals surface area contributed by atoms with Gasteiger partial charge in [-0.3, -0.25) is 10.1 Å². The lowest BCUT2D eigenvalue weighted by Gasteiger charge is -2.05. The Balaban J connectivity index is 2.14. The van der Waals surface area contributed by atoms with Crippen LogP contribution in [0.25, 0.3) is 6.20 Å². The average Bonchev–Trinajstić information content (AvgIpc) is 2.85. The molecule has 7 heteroatoms. The molecular weight excluding hydrogens is 312 g/mol. The van der Waals surface area contributed by atoms with Gasteiger partial charge in [-0.25, -0.2) is 4.68 Å². The molecule has 0 aliphatic heterocycles. The van der Waals surface area contributed by atoms with Crippen LogP contribution in [-0.2, 0) is 6.54 Å². The SMILES string of the molecule is C=Cn1cc(CNc2ccc(Br)cc2[N+](=O)[O-])cn1. The summed E-state index contributed by atoms with van der Waals surface area (Å²) in [6.07, 6.45) is 5.05. The van der Waals surface area contributed by atoms with E-state index in [1.165, 1.54) is 6.07 Å². The zero-order chi connectivity index (χ0) is 13.8. The molecule has 0 amide bonds. The van der Waals surface area contributed by atoms with E-state index in [9.17, 15) is 10.1 Å². The highest BCUT2D eigenvalue weighted by atomic mass is 79.9. The molecule has 0 saturated carbocycles. The zero-order valence-electron chi connectivity index (χ0n) is 9.91. The summed E-state index contributed by atoms with van der Waals surface area (Å²) in [5.41, 5.74) is 1.42. The number of nitro groups is 1. The minimum atomic E-state index is -0.416. The predicted molar refractivity (Wildman–Crippen MR) is 76.7 cm³/mol. The Bertz CT molecular complexity index is 624. The lowest BCUT2D eigenvalue weighted by molar-refractivity contribution is -0.384. The van der Waals surface area contributed by atoms with Crippen molar-refractivity contribution in [3.05, 3.63) is 57.3 Å². The second-order valence-electron chi connectivity index (χ2n) is 3.78. The van der Waals surface area contributed by atoms with Crippen molar-refractivity contribution in [3.63, 3.8) is 0 Å². The standard InChI is InChI=1S/C12H11BrN4O2/c1-2-16-8-9(7-15-16)6-14-11-4-3-10(13)5-12(11)17(18)19/h2-5,7-8,14H,1,6H2. The Labute approximate surface area is 118 Å². The molecule has 2 rings (SSSR count). The highest BCUT2D eigenvalue weighted by molar-refractivity contribution is 9.10. The van der Waals surface area contributed by atoms with Gasteiger partial charge >= 0.3 is 0 Å². The van der Waals surface area contributed by atoms with Crippen LogP contribution in [0.4, 0.5) is 11.4 Å². The lowest BCUT2D eigenvalue weighted by atomic mass is 10.2. The number of benzene rings is 1. The lowest BCUT2D eigenvalue weighted by Crippen LogP contribution is -2.02. The third-order valence-electron chi connectivity index (χ3n) is 2.48. The van der Waals surface area contributed by atoms with E-state index >= 15 is 0 Å². The summed E-state index contributed by atoms with van der Waals surface area (Å²) >= 11 is 3.22. The number of halogens is 1. The molecule has 98 valence electrons. The molecule has 0 radical (unpaired) electrons. The van der Waals surface area contributed by atoms with Gasteiger partial charge in [0, 0.05) is 35.0 Å². The third-order valence-corrected chi connectivity index (χ3v) is 2.97. The summed E-state index contributed by atoms with van der Waals surface area (Å²) in [6.45, 7) is 4.05. The van der Waals surface area contributed by atoms with Gasteiger partial charge < -0.3 is 5.32 Å². The molecule has 0 bridgehead atoms. The third kappa shape index (κ3) is 3.19. The maximum Gasteiger partial charge on any atom is 0.293 e. The number of nitro benzene ring substituents is 1. The fourth-order valence-electron chi connectivity index (χ4n) is 1.57. The first-order chi connectivity index (χ1) is 9.10. The van der Waals surface area contributed by atoms with Crippen molar-refractivity contribution < 1.29 is 4.92 Å². The van der Waals surface area contributed by atoms with Crippen molar-refractivity contribution in [2.75, 3.05) is 5.32 Å². The maximum atomic E-state index is 11.0. The highest BCUT2D eigenvalue weighted by Gasteiger charge is 2.13. The highest BCUT2D eigenvalue weighted by Crippen LogP contribution is 2.28. The number of hydrogen-bond acceptors (Lipinski definition) is 4. The number of nitrogens with zero attached hydrogens (tertiary/aromatic N) is 3. The van der Waals surface area contributed by atoms with Gasteiger partial charge in [-0.05, 0) is 12.1 Å². The van der Waals surface area contributed by atoms with Crippen molar-refractivity contribution in [3.8, 4) is 0 Å². The molecule has 0 fully saturated rings. The summed E-state index contributed by atoms with van der Waals surface area (Å²) in [7, 11) is 0. The molecule has 0 spiro atoms. The van der Waals surface area contributed by atoms with E-state index in [1.807, 2.05) is 0 Å². The van der Waals surface area contributed by atoms with Crippen molar-refractivity contribution in [2.24, 2.45) is 0 Å². The summed E-state index contributed by atoms with van der Waals surface area (Å²) in [4.78, 5) is 10.5. The van der Waals surface area contributed by atoms with Crippen LogP contribution in [0.3, 0.4) is 0 Å². The monoisotopic (exact) mass is 322 g/mol. The summed E-state index contributed by atoms with van der Waals surface area (Å²) in [5.74, 6) is 0. The molecule has 2 aromatic rings. The van der Waals surface area contributed by atoms with Gasteiger partial charge in [-0.1, -0.05) is 22.5 Å². The second-order valence-corrected chi connectivity index (χ2v) is 4.70. The molecule has 1 heterocycles. The predicted octanol–water partition coefficient (Wildman–Crippen LogP) is 3.27. The molecule has 6 nitrogen and oxygen atoms in total. The molecule has 0 aliphatic rings. The number of anilines is 1. The first-order valence-electron chi connectivity index (χ1n) is 5.43. The smallest absolute Gasteiger partial charge is 0.293 e. The molecule has 1 aromatic carbocycles. The Kier molecular flexibility index (Phi) is 3.96. The first-order valence-corrected chi connectivity index (χ1v) is 6.23. The minimum Gasteiger partial charge on any atom is -0.375 e. The second kappa shape index (κ2) is 5.66. The van der Waals surface area contributed by atoms with E-state index in [2.05, 4.69) is 32.9 Å². The van der Waals surface area contributed by atoms with Gasteiger partial charge in [0.2, 0.25) is 0 Å². The van der Waals surface area contributed by atoms with Gasteiger partial charge in [0.1, 0.15) is 5.69 Å². The number of aromatic nitrogens is 2. The van der Waals surface area contributed by atoms with Crippen LogP contribution >= 0.6 is 15.9 Å². The van der Waals surface area contributed by atoms with Crippen LogP contribution in [-0.4, -0.2) is 14.7 Å². The Morgan fingerprint density at radius 3 is 3.00 bits per heavy atom. The summed E-state index contributed by atoms with van der Waals surface area (Å²) in [5, 5.41) is 18.0. The molecule has 0 unspecified atom stereocenters. The molecule has 1 N–H and O–H groups in total. The molecular formula is C12H11BrN4O2. The van der Waals surface area contributed by atoms with Crippen LogP contribution in [0.5, 0.6) is 0 Å². The van der Waals surface area contributed by atoms with Gasteiger partial charge in [-0.15, -0.1) is 0 Å². The van der Waals surface area contributed by atoms with Gasteiger partial charge in [0.15, 0.2) is 0 Å². The van der Waals surface area contributed by atoms with Crippen LogP contribution < -0.4 is 5.32 Å². The largest absolute Gasteiger partial charge is 0.375 e. The number of hydrogen-bond donors (Lipinski definition) is 1. The maximum absolute atomic E-state index is 11.0. The molecule has 19 heavy (non-hydrogen) atoms. The van der Waals surface area contributed by atoms with Crippen LogP contribution in [0.15, 0.2) is 41.6 Å². The fourth-order valence-corrected chi connectivity index (χ4v) is 1.92. The number of rotatable bonds is 5. The normalized spacial score (nSPS) is 10.2. The molecule has 0 aliphatic carbocycles. The quantitative estimate of drug-likeness (QED) is 0.677. The topological polar surface area (TPSA) is 73.0 Å². The Hall–Kier alpha value is -2.15. The summed E-state index contributed by atoms with van der Waals surface area (Å²) < 4.78 is 2.25. The van der Waals surface area contributed by atoms with Crippen molar-refractivity contribution in [1.82, 2.24) is 9.78 Å². The fraction of sp³-hybridized carbons (Fsp3) is 0.0833. The van der Waals surface area contributed by atoms with Gasteiger partial charge in [-0.2, -0.15) is 5.10 Å². The van der Waals surface area contributed by atoms with Crippen molar-refractivity contribution in [2.45, 2.75) is 6.54 Å². The molecule has 0 saturated heterocycles. The van der Waals surface area contributed by atoms with E-state index in [1.54, 1.807) is 35.4 Å². The van der Waals surface area contributed by atoms with E-state index in [0.29, 0.717) is 16.7 Å². The molecule has 1 aromatic heterocycles. The summed E-state index contributed by atoms with van der Waals surface area (Å²) in [6, 6.07) is 4.89. The van der Waals surface area contributed by atoms with Gasteiger partial charge in [0.25, 0.3) is 5.69 Å². The van der Waals surface area contributed by atoms with Crippen LogP contribution in [0.2, 0.25) is 0 Å².